The highest BCUT2D eigenvalue weighted by Gasteiger charge is 2.12. The molecule has 0 unspecified atom stereocenters. The van der Waals surface area contributed by atoms with Crippen LogP contribution in [0, 0.1) is 11.6 Å². The van der Waals surface area contributed by atoms with Gasteiger partial charge in [0.2, 0.25) is 5.91 Å². The molecule has 0 radical (unpaired) electrons. The van der Waals surface area contributed by atoms with Crippen molar-refractivity contribution in [2.75, 3.05) is 6.54 Å². The number of nitrogens with zero attached hydrogens (tertiary/aromatic N) is 4. The number of rotatable bonds is 14. The number of aryl methyl sites for hydroxylation is 1. The van der Waals surface area contributed by atoms with Crippen molar-refractivity contribution in [3.8, 4) is 0 Å². The summed E-state index contributed by atoms with van der Waals surface area (Å²) in [5, 5.41) is 3.41. The Bertz CT molecular complexity index is 1190. The minimum absolute atomic E-state index is 0.00171. The first-order valence-corrected chi connectivity index (χ1v) is 13.1. The molecule has 192 valence electrons. The first kappa shape index (κ1) is 27.4. The summed E-state index contributed by atoms with van der Waals surface area (Å²) in [5.74, 6) is -1.51. The fourth-order valence-corrected chi connectivity index (χ4v) is 4.55. The molecule has 0 aliphatic carbocycles. The first-order chi connectivity index (χ1) is 17.5. The van der Waals surface area contributed by atoms with Crippen molar-refractivity contribution < 1.29 is 13.6 Å². The van der Waals surface area contributed by atoms with Gasteiger partial charge < -0.3 is 9.88 Å². The van der Waals surface area contributed by atoms with Crippen LogP contribution in [0.15, 0.2) is 53.1 Å². The van der Waals surface area contributed by atoms with Crippen molar-refractivity contribution in [2.24, 2.45) is 0 Å². The molecule has 1 N–H and O–H groups in total. The number of thioether (sulfide) groups is 1. The molecule has 1 amide bonds. The number of aromatic nitrogens is 4. The fraction of sp³-hybridized carbons (Fsp3) is 0.423. The number of amides is 1. The Morgan fingerprint density at radius 2 is 1.86 bits per heavy atom. The van der Waals surface area contributed by atoms with E-state index in [1.807, 2.05) is 4.57 Å². The number of carbonyl (C=O) groups excluding carboxylic acids is 1. The van der Waals surface area contributed by atoms with E-state index in [4.69, 9.17) is 0 Å². The third-order valence-corrected chi connectivity index (χ3v) is 6.61. The van der Waals surface area contributed by atoms with Crippen LogP contribution in [0.3, 0.4) is 0 Å². The Morgan fingerprint density at radius 1 is 1.06 bits per heavy atom. The zero-order valence-corrected chi connectivity index (χ0v) is 21.2. The third-order valence-electron chi connectivity index (χ3n) is 5.55. The molecule has 0 aliphatic heterocycles. The summed E-state index contributed by atoms with van der Waals surface area (Å²) in [6.45, 7) is 3.31. The molecular formula is C26H31F2N5O2S. The third kappa shape index (κ3) is 8.82. The predicted octanol–water partition coefficient (Wildman–Crippen LogP) is 4.67. The monoisotopic (exact) mass is 515 g/mol. The fourth-order valence-electron chi connectivity index (χ4n) is 3.61. The van der Waals surface area contributed by atoms with Crippen LogP contribution in [0.4, 0.5) is 8.78 Å². The molecule has 0 bridgehead atoms. The van der Waals surface area contributed by atoms with Crippen molar-refractivity contribution in [1.82, 2.24) is 24.8 Å². The number of carbonyl (C=O) groups is 1. The minimum atomic E-state index is -0.917. The van der Waals surface area contributed by atoms with E-state index in [0.717, 1.165) is 43.4 Å². The number of nitrogens with one attached hydrogen (secondary N) is 1. The number of halogens is 2. The van der Waals surface area contributed by atoms with Gasteiger partial charge in [-0.15, -0.1) is 0 Å². The van der Waals surface area contributed by atoms with Crippen molar-refractivity contribution in [1.29, 1.82) is 0 Å². The van der Waals surface area contributed by atoms with Gasteiger partial charge in [-0.3, -0.25) is 9.59 Å². The molecule has 0 saturated carbocycles. The smallest absolute Gasteiger partial charge is 0.277 e. The molecule has 0 fully saturated rings. The van der Waals surface area contributed by atoms with Crippen molar-refractivity contribution in [2.45, 2.75) is 69.3 Å². The van der Waals surface area contributed by atoms with E-state index < -0.39 is 11.6 Å². The van der Waals surface area contributed by atoms with Gasteiger partial charge in [0.1, 0.15) is 6.33 Å². The van der Waals surface area contributed by atoms with Gasteiger partial charge in [-0.2, -0.15) is 4.98 Å². The molecule has 7 nitrogen and oxygen atoms in total. The maximum absolute atomic E-state index is 13.6. The molecule has 10 heteroatoms. The highest BCUT2D eigenvalue weighted by molar-refractivity contribution is 7.98. The lowest BCUT2D eigenvalue weighted by atomic mass is 10.1. The van der Waals surface area contributed by atoms with E-state index >= 15 is 0 Å². The zero-order chi connectivity index (χ0) is 25.8. The Hall–Kier alpha value is -3.14. The second-order valence-electron chi connectivity index (χ2n) is 8.52. The van der Waals surface area contributed by atoms with Crippen LogP contribution in [0.5, 0.6) is 0 Å². The Morgan fingerprint density at radius 3 is 2.61 bits per heavy atom. The lowest BCUT2D eigenvalue weighted by Gasteiger charge is -2.14. The second-order valence-corrected chi connectivity index (χ2v) is 9.46. The summed E-state index contributed by atoms with van der Waals surface area (Å²) in [5.41, 5.74) is 1.48. The van der Waals surface area contributed by atoms with Crippen molar-refractivity contribution in [3.63, 3.8) is 0 Å². The number of hydrogen-bond acceptors (Lipinski definition) is 6. The Balaban J connectivity index is 1.68. The van der Waals surface area contributed by atoms with Crippen LogP contribution in [-0.4, -0.2) is 32.0 Å². The van der Waals surface area contributed by atoms with Gasteiger partial charge in [0.25, 0.3) is 5.56 Å². The molecule has 3 aromatic rings. The highest BCUT2D eigenvalue weighted by atomic mass is 32.2. The van der Waals surface area contributed by atoms with E-state index in [1.54, 1.807) is 18.6 Å². The summed E-state index contributed by atoms with van der Waals surface area (Å²) in [6.07, 6.45) is 12.1. The lowest BCUT2D eigenvalue weighted by Crippen LogP contribution is -2.25. The SMILES string of the molecule is CCCCCCNC(=O)CCCn1cc(Cc2cncnc2)c(=O)nc1SCc1ccc(F)c(F)c1. The average Bonchev–Trinajstić information content (AvgIpc) is 2.87. The molecule has 0 aliphatic rings. The molecule has 36 heavy (non-hydrogen) atoms. The van der Waals surface area contributed by atoms with Crippen molar-refractivity contribution >= 4 is 17.7 Å². The predicted molar refractivity (Wildman–Crippen MR) is 136 cm³/mol. The zero-order valence-electron chi connectivity index (χ0n) is 20.4. The van der Waals surface area contributed by atoms with Gasteiger partial charge in [-0.1, -0.05) is 44.0 Å². The highest BCUT2D eigenvalue weighted by Crippen LogP contribution is 2.22. The maximum Gasteiger partial charge on any atom is 0.277 e. The van der Waals surface area contributed by atoms with Crippen LogP contribution < -0.4 is 10.9 Å². The van der Waals surface area contributed by atoms with Gasteiger partial charge in [0.05, 0.1) is 0 Å². The van der Waals surface area contributed by atoms with E-state index in [-0.39, 0.29) is 11.5 Å². The van der Waals surface area contributed by atoms with E-state index in [1.165, 1.54) is 24.2 Å². The van der Waals surface area contributed by atoms with Crippen LogP contribution >= 0.6 is 11.8 Å². The number of hydrogen-bond donors (Lipinski definition) is 1. The summed E-state index contributed by atoms with van der Waals surface area (Å²) in [7, 11) is 0. The van der Waals surface area contributed by atoms with Crippen LogP contribution in [0.2, 0.25) is 0 Å². The quantitative estimate of drug-likeness (QED) is 0.191. The molecule has 2 aromatic heterocycles. The van der Waals surface area contributed by atoms with Crippen LogP contribution in [0.1, 0.15) is 62.1 Å². The standard InChI is InChI=1S/C26H31F2N5O2S/c1-2-3-4-5-10-31-24(34)7-6-11-33-16-21(12-20-14-29-18-30-15-20)25(35)32-26(33)36-17-19-8-9-22(27)23(28)13-19/h8-9,13-16,18H,2-7,10-12,17H2,1H3,(H,31,34). The van der Waals surface area contributed by atoms with Crippen LogP contribution in [-0.2, 0) is 23.5 Å². The van der Waals surface area contributed by atoms with Gasteiger partial charge in [0.15, 0.2) is 16.8 Å². The molecule has 0 spiro atoms. The van der Waals surface area contributed by atoms with Crippen molar-refractivity contribution in [3.05, 3.63) is 81.8 Å². The second kappa shape index (κ2) is 14.4. The van der Waals surface area contributed by atoms with E-state index in [2.05, 4.69) is 27.2 Å². The molecule has 2 heterocycles. The Kier molecular flexibility index (Phi) is 11.0. The molecule has 3 rings (SSSR count). The lowest BCUT2D eigenvalue weighted by molar-refractivity contribution is -0.121. The topological polar surface area (TPSA) is 89.8 Å². The molecule has 0 atom stereocenters. The molecule has 0 saturated heterocycles. The normalized spacial score (nSPS) is 11.0. The number of benzene rings is 1. The largest absolute Gasteiger partial charge is 0.356 e. The summed E-state index contributed by atoms with van der Waals surface area (Å²) >= 11 is 1.26. The minimum Gasteiger partial charge on any atom is -0.356 e. The Labute approximate surface area is 213 Å². The molecule has 1 aromatic carbocycles. The van der Waals surface area contributed by atoms with Gasteiger partial charge in [0, 0.05) is 55.8 Å². The van der Waals surface area contributed by atoms with Gasteiger partial charge in [-0.05, 0) is 36.1 Å². The number of unbranched alkanes of at least 4 members (excludes halogenated alkanes) is 3. The maximum atomic E-state index is 13.6. The van der Waals surface area contributed by atoms with E-state index in [0.29, 0.717) is 54.4 Å². The summed E-state index contributed by atoms with van der Waals surface area (Å²) in [4.78, 5) is 37.2. The summed E-state index contributed by atoms with van der Waals surface area (Å²) in [6, 6.07) is 3.72. The van der Waals surface area contributed by atoms with Crippen LogP contribution in [0.25, 0.3) is 0 Å². The molecular weight excluding hydrogens is 484 g/mol. The first-order valence-electron chi connectivity index (χ1n) is 12.1. The van der Waals surface area contributed by atoms with Gasteiger partial charge in [-0.25, -0.2) is 18.7 Å². The summed E-state index contributed by atoms with van der Waals surface area (Å²) < 4.78 is 28.7. The van der Waals surface area contributed by atoms with E-state index in [9.17, 15) is 18.4 Å². The van der Waals surface area contributed by atoms with Gasteiger partial charge >= 0.3 is 0 Å². The average molecular weight is 516 g/mol.